The molecule has 1 N–H and O–H groups in total. The Bertz CT molecular complexity index is 774. The number of hydrogen-bond donors (Lipinski definition) is 1. The van der Waals surface area contributed by atoms with E-state index < -0.39 is 0 Å². The van der Waals surface area contributed by atoms with Gasteiger partial charge in [-0.05, 0) is 24.6 Å². The van der Waals surface area contributed by atoms with Crippen molar-refractivity contribution >= 4 is 6.03 Å². The first kappa shape index (κ1) is 16.0. The molecule has 0 radical (unpaired) electrons. The molecule has 0 unspecified atom stereocenters. The maximum atomic E-state index is 11.8. The first-order valence-electron chi connectivity index (χ1n) is 8.59. The molecule has 0 spiro atoms. The van der Waals surface area contributed by atoms with Crippen LogP contribution in [0.1, 0.15) is 12.1 Å². The van der Waals surface area contributed by atoms with E-state index in [9.17, 15) is 4.79 Å². The Morgan fingerprint density at radius 3 is 3.00 bits per heavy atom. The van der Waals surface area contributed by atoms with Gasteiger partial charge in [0, 0.05) is 32.9 Å². The lowest BCUT2D eigenvalue weighted by Crippen LogP contribution is -2.50. The molecule has 2 aromatic rings. The Kier molecular flexibility index (Phi) is 4.09. The van der Waals surface area contributed by atoms with Gasteiger partial charge < -0.3 is 15.0 Å². The zero-order valence-corrected chi connectivity index (χ0v) is 14.6. The van der Waals surface area contributed by atoms with Crippen molar-refractivity contribution in [3.8, 4) is 11.4 Å². The lowest BCUT2D eigenvalue weighted by atomic mass is 10.0. The smallest absolute Gasteiger partial charge is 0.317 e. The summed E-state index contributed by atoms with van der Waals surface area (Å²) in [5.74, 6) is 0.802. The van der Waals surface area contributed by atoms with Crippen LogP contribution in [0, 0.1) is 0 Å². The van der Waals surface area contributed by atoms with Gasteiger partial charge in [-0.3, -0.25) is 4.90 Å². The molecule has 7 nitrogen and oxygen atoms in total. The van der Waals surface area contributed by atoms with Crippen LogP contribution in [0.15, 0.2) is 36.5 Å². The Balaban J connectivity index is 1.52. The summed E-state index contributed by atoms with van der Waals surface area (Å²) in [6, 6.07) is 10.5. The van der Waals surface area contributed by atoms with Crippen LogP contribution in [0.5, 0.6) is 5.75 Å². The van der Waals surface area contributed by atoms with E-state index in [1.807, 2.05) is 53.2 Å². The number of nitrogens with one attached hydrogen (secondary N) is 1. The largest absolute Gasteiger partial charge is 0.494 e. The summed E-state index contributed by atoms with van der Waals surface area (Å²) in [6.07, 6.45) is 2.81. The molecule has 0 bridgehead atoms. The standard InChI is InChI=1S/C18H23N5O2/c1-21-15-8-10-22(12-14(15)20-18(21)24)11-13-7-9-19-23(13)16-5-3-4-6-17(16)25-2/h3-7,9,14-15H,8,10-12H2,1-2H3,(H,20,24)/t14-,15+/m1/s1. The van der Waals surface area contributed by atoms with E-state index in [0.717, 1.165) is 43.2 Å². The number of fused-ring (bicyclic) bond motifs is 1. The van der Waals surface area contributed by atoms with Crippen LogP contribution in [-0.4, -0.2) is 64.9 Å². The highest BCUT2D eigenvalue weighted by Gasteiger charge is 2.40. The number of para-hydroxylation sites is 2. The summed E-state index contributed by atoms with van der Waals surface area (Å²) in [5, 5.41) is 7.57. The first-order chi connectivity index (χ1) is 12.2. The number of piperidine rings is 1. The second kappa shape index (κ2) is 6.40. The minimum Gasteiger partial charge on any atom is -0.494 e. The highest BCUT2D eigenvalue weighted by molar-refractivity contribution is 5.77. The Labute approximate surface area is 147 Å². The number of likely N-dealkylation sites (tertiary alicyclic amines) is 1. The SMILES string of the molecule is COc1ccccc1-n1nccc1CN1CC[C@H]2[C@@H](C1)NC(=O)N2C. The first-order valence-corrected chi connectivity index (χ1v) is 8.59. The summed E-state index contributed by atoms with van der Waals surface area (Å²) in [4.78, 5) is 16.1. The topological polar surface area (TPSA) is 62.6 Å². The Morgan fingerprint density at radius 1 is 1.32 bits per heavy atom. The van der Waals surface area contributed by atoms with Gasteiger partial charge in [0.2, 0.25) is 0 Å². The van der Waals surface area contributed by atoms with E-state index in [4.69, 9.17) is 4.74 Å². The van der Waals surface area contributed by atoms with Crippen molar-refractivity contribution < 1.29 is 9.53 Å². The summed E-state index contributed by atoms with van der Waals surface area (Å²) >= 11 is 0. The molecule has 1 aromatic heterocycles. The summed E-state index contributed by atoms with van der Waals surface area (Å²) in [5.41, 5.74) is 2.05. The average molecular weight is 341 g/mol. The fourth-order valence-electron chi connectivity index (χ4n) is 3.87. The number of urea groups is 1. The van der Waals surface area contributed by atoms with Crippen molar-refractivity contribution in [3.05, 3.63) is 42.2 Å². The molecule has 4 rings (SSSR count). The number of carbonyl (C=O) groups excluding carboxylic acids is 1. The fourth-order valence-corrected chi connectivity index (χ4v) is 3.87. The average Bonchev–Trinajstić information content (AvgIpc) is 3.19. The second-order valence-electron chi connectivity index (χ2n) is 6.66. The van der Waals surface area contributed by atoms with Crippen LogP contribution in [0.2, 0.25) is 0 Å². The molecule has 0 aliphatic carbocycles. The minimum absolute atomic E-state index is 0.0379. The molecular weight excluding hydrogens is 318 g/mol. The molecule has 1 aromatic carbocycles. The van der Waals surface area contributed by atoms with Crippen LogP contribution in [0.25, 0.3) is 5.69 Å². The summed E-state index contributed by atoms with van der Waals surface area (Å²) < 4.78 is 7.40. The number of methoxy groups -OCH3 is 1. The summed E-state index contributed by atoms with van der Waals surface area (Å²) in [7, 11) is 3.55. The third-order valence-corrected chi connectivity index (χ3v) is 5.21. The normalized spacial score (nSPS) is 23.4. The fraction of sp³-hybridized carbons (Fsp3) is 0.444. The molecular formula is C18H23N5O2. The van der Waals surface area contributed by atoms with Gasteiger partial charge in [0.25, 0.3) is 0 Å². The van der Waals surface area contributed by atoms with Gasteiger partial charge in [-0.1, -0.05) is 12.1 Å². The van der Waals surface area contributed by atoms with Gasteiger partial charge in [-0.25, -0.2) is 9.48 Å². The van der Waals surface area contributed by atoms with Gasteiger partial charge in [-0.2, -0.15) is 5.10 Å². The second-order valence-corrected chi connectivity index (χ2v) is 6.66. The van der Waals surface area contributed by atoms with Crippen LogP contribution >= 0.6 is 0 Å². The number of amides is 2. The molecule has 2 atom stereocenters. The molecule has 25 heavy (non-hydrogen) atoms. The quantitative estimate of drug-likeness (QED) is 0.915. The van der Waals surface area contributed by atoms with Crippen molar-refractivity contribution in [3.63, 3.8) is 0 Å². The minimum atomic E-state index is 0.0379. The predicted molar refractivity (Wildman–Crippen MR) is 93.9 cm³/mol. The summed E-state index contributed by atoms with van der Waals surface area (Å²) in [6.45, 7) is 2.62. The zero-order chi connectivity index (χ0) is 17.4. The lowest BCUT2D eigenvalue weighted by molar-refractivity contribution is 0.145. The molecule has 2 aliphatic heterocycles. The number of likely N-dealkylation sites (N-methyl/N-ethyl adjacent to an activating group) is 1. The molecule has 2 fully saturated rings. The van der Waals surface area contributed by atoms with Gasteiger partial charge in [0.15, 0.2) is 0 Å². The Hall–Kier alpha value is -2.54. The van der Waals surface area contributed by atoms with Crippen molar-refractivity contribution in [1.82, 2.24) is 24.9 Å². The van der Waals surface area contributed by atoms with Crippen molar-refractivity contribution in [2.24, 2.45) is 0 Å². The number of hydrogen-bond acceptors (Lipinski definition) is 4. The number of ether oxygens (including phenoxy) is 1. The number of aromatic nitrogens is 2. The maximum absolute atomic E-state index is 11.8. The molecule has 0 saturated carbocycles. The van der Waals surface area contributed by atoms with Crippen LogP contribution < -0.4 is 10.1 Å². The van der Waals surface area contributed by atoms with Crippen LogP contribution in [-0.2, 0) is 6.54 Å². The number of benzene rings is 1. The number of carbonyl (C=O) groups is 1. The van der Waals surface area contributed by atoms with E-state index in [1.54, 1.807) is 7.11 Å². The van der Waals surface area contributed by atoms with Crippen LogP contribution in [0.3, 0.4) is 0 Å². The third kappa shape index (κ3) is 2.84. The molecule has 132 valence electrons. The zero-order valence-electron chi connectivity index (χ0n) is 14.6. The van der Waals surface area contributed by atoms with Gasteiger partial charge in [-0.15, -0.1) is 0 Å². The van der Waals surface area contributed by atoms with Crippen molar-refractivity contribution in [2.75, 3.05) is 27.2 Å². The van der Waals surface area contributed by atoms with Gasteiger partial charge in [0.05, 0.1) is 24.9 Å². The molecule has 7 heteroatoms. The molecule has 2 saturated heterocycles. The van der Waals surface area contributed by atoms with E-state index >= 15 is 0 Å². The molecule has 2 amide bonds. The predicted octanol–water partition coefficient (Wildman–Crippen LogP) is 1.48. The van der Waals surface area contributed by atoms with E-state index in [2.05, 4.69) is 15.3 Å². The Morgan fingerprint density at radius 2 is 2.16 bits per heavy atom. The maximum Gasteiger partial charge on any atom is 0.317 e. The van der Waals surface area contributed by atoms with Crippen molar-refractivity contribution in [1.29, 1.82) is 0 Å². The van der Waals surface area contributed by atoms with E-state index in [0.29, 0.717) is 6.04 Å². The molecule has 3 heterocycles. The van der Waals surface area contributed by atoms with E-state index in [-0.39, 0.29) is 12.1 Å². The molecule has 2 aliphatic rings. The van der Waals surface area contributed by atoms with Crippen LogP contribution in [0.4, 0.5) is 4.79 Å². The lowest BCUT2D eigenvalue weighted by Gasteiger charge is -2.35. The third-order valence-electron chi connectivity index (χ3n) is 5.21. The van der Waals surface area contributed by atoms with Crippen molar-refractivity contribution in [2.45, 2.75) is 25.0 Å². The number of rotatable bonds is 4. The highest BCUT2D eigenvalue weighted by Crippen LogP contribution is 2.25. The van der Waals surface area contributed by atoms with Gasteiger partial charge in [0.1, 0.15) is 11.4 Å². The van der Waals surface area contributed by atoms with E-state index in [1.165, 1.54) is 0 Å². The number of nitrogens with zero attached hydrogens (tertiary/aromatic N) is 4. The van der Waals surface area contributed by atoms with Gasteiger partial charge >= 0.3 is 6.03 Å². The highest BCUT2D eigenvalue weighted by atomic mass is 16.5. The monoisotopic (exact) mass is 341 g/mol.